The van der Waals surface area contributed by atoms with Crippen LogP contribution < -0.4 is 98.6 Å². The van der Waals surface area contributed by atoms with E-state index in [-0.39, 0.29) is 57.6 Å². The zero-order valence-electron chi connectivity index (χ0n) is 59.2. The molecule has 43 nitrogen and oxygen atoms in total. The van der Waals surface area contributed by atoms with E-state index in [0.29, 0.717) is 19.4 Å². The maximum atomic E-state index is 14.5. The summed E-state index contributed by atoms with van der Waals surface area (Å²) < 4.78 is 0. The number of aliphatic hydroxyl groups excluding tert-OH is 2. The number of aliphatic imine (C=N–C) groups is 1. The number of primary amides is 3. The summed E-state index contributed by atoms with van der Waals surface area (Å²) in [6, 6.07) is -22.2. The lowest BCUT2D eigenvalue weighted by molar-refractivity contribution is -0.145. The number of aliphatic carboxylic acids is 3. The van der Waals surface area contributed by atoms with Crippen LogP contribution in [0.25, 0.3) is 0 Å². The third kappa shape index (κ3) is 33.5. The van der Waals surface area contributed by atoms with Crippen LogP contribution in [0.4, 0.5) is 0 Å². The standard InChI is InChI=1S/C61H104N20O23S/c1-7-27(4)45(78-51(94)33(16-18-42(87)88)71-50(93)32(15-17-39(64)84)72-57(100)46(28(5)82)79-48(91)30(63)12-8-9-19-62)56(99)76-37(25-105)53(96)70-31(13-10-20-69-61(67)68)49(92)74-35(22-40(65)85)59(102)81-21-11-14-38(81)54(97)77-44(26(2)3)55(98)80-47(29(6)83)58(101)73-34(24-43(89)90)52(95)75-36(60(103)104)23-41(66)86/h26-38,44-47,82-83,105H,7-25,62-63H2,1-6H3,(H2,64,84)(H2,65,85)(H2,66,86)(H,70,96)(H,71,93)(H,72,100)(H,73,101)(H,74,92)(H,75,95)(H,76,99)(H,77,97)(H,78,94)(H,79,91)(H,80,98)(H,87,88)(H,89,90)(H,103,104)(H4,67,68,69)/t27-,28+,29+,30-,31-,32-,33-,34-,35-,36-,37-,38-,44-,45-,46-,47-/m0/s1. The topological polar surface area (TPSA) is 738 Å². The van der Waals surface area contributed by atoms with Gasteiger partial charge >= 0.3 is 17.9 Å². The van der Waals surface area contributed by atoms with Gasteiger partial charge in [0.25, 0.3) is 0 Å². The molecule has 105 heavy (non-hydrogen) atoms. The summed E-state index contributed by atoms with van der Waals surface area (Å²) in [4.78, 5) is 243. The van der Waals surface area contributed by atoms with Crippen molar-refractivity contribution in [1.82, 2.24) is 63.4 Å². The second-order valence-corrected chi connectivity index (χ2v) is 25.8. The summed E-state index contributed by atoms with van der Waals surface area (Å²) in [5, 5.41) is 75.0. The lowest BCUT2D eigenvalue weighted by Gasteiger charge is -2.32. The molecule has 0 radical (unpaired) electrons. The fourth-order valence-corrected chi connectivity index (χ4v) is 10.6. The van der Waals surface area contributed by atoms with Gasteiger partial charge in [0.05, 0.1) is 37.5 Å². The molecule has 0 bridgehead atoms. The van der Waals surface area contributed by atoms with Crippen LogP contribution in [0, 0.1) is 11.8 Å². The van der Waals surface area contributed by atoms with Gasteiger partial charge in [0.15, 0.2) is 5.96 Å². The fourth-order valence-electron chi connectivity index (χ4n) is 10.3. The first-order valence-electron chi connectivity index (χ1n) is 33.7. The predicted molar refractivity (Wildman–Crippen MR) is 371 cm³/mol. The van der Waals surface area contributed by atoms with Gasteiger partial charge in [-0.1, -0.05) is 40.5 Å². The van der Waals surface area contributed by atoms with Crippen LogP contribution in [0.1, 0.15) is 138 Å². The molecule has 0 spiro atoms. The maximum Gasteiger partial charge on any atom is 0.326 e. The summed E-state index contributed by atoms with van der Waals surface area (Å²) in [6.45, 7) is 8.16. The molecule has 0 aromatic carbocycles. The second-order valence-electron chi connectivity index (χ2n) is 25.4. The van der Waals surface area contributed by atoms with Crippen molar-refractivity contribution in [2.75, 3.05) is 25.4 Å². The Morgan fingerprint density at radius 3 is 1.39 bits per heavy atom. The molecule has 592 valence electrons. The highest BCUT2D eigenvalue weighted by Gasteiger charge is 2.43. The van der Waals surface area contributed by atoms with E-state index in [2.05, 4.69) is 65.5 Å². The first-order valence-corrected chi connectivity index (χ1v) is 34.3. The minimum Gasteiger partial charge on any atom is -0.481 e. The van der Waals surface area contributed by atoms with E-state index in [4.69, 9.17) is 40.1 Å². The molecule has 0 saturated carbocycles. The lowest BCUT2D eigenvalue weighted by Crippen LogP contribution is -2.62. The lowest BCUT2D eigenvalue weighted by atomic mass is 9.97. The minimum absolute atomic E-state index is 0.0622. The van der Waals surface area contributed by atoms with Crippen LogP contribution in [-0.4, -0.2) is 259 Å². The number of carboxylic acids is 3. The normalized spacial score (nSPS) is 16.8. The minimum atomic E-state index is -2.06. The summed E-state index contributed by atoms with van der Waals surface area (Å²) in [5.74, 6) is -24.3. The third-order valence-corrected chi connectivity index (χ3v) is 16.7. The molecule has 30 N–H and O–H groups in total. The number of nitrogens with one attached hydrogen (secondary N) is 11. The number of carbonyl (C=O) groups excluding carboxylic acids is 15. The van der Waals surface area contributed by atoms with Gasteiger partial charge < -0.3 is 129 Å². The van der Waals surface area contributed by atoms with Gasteiger partial charge in [-0.2, -0.15) is 12.6 Å². The van der Waals surface area contributed by atoms with Crippen LogP contribution in [-0.2, 0) is 86.3 Å². The quantitative estimate of drug-likeness (QED) is 0.0116. The zero-order chi connectivity index (χ0) is 80.3. The summed E-state index contributed by atoms with van der Waals surface area (Å²) >= 11 is 4.24. The number of thiol groups is 1. The number of amides is 15. The smallest absolute Gasteiger partial charge is 0.326 e. The van der Waals surface area contributed by atoms with Gasteiger partial charge in [0.2, 0.25) is 88.6 Å². The predicted octanol–water partition coefficient (Wildman–Crippen LogP) is -10.3. The number of nitrogens with two attached hydrogens (primary N) is 7. The highest BCUT2D eigenvalue weighted by atomic mass is 32.1. The largest absolute Gasteiger partial charge is 0.481 e. The average molecular weight is 1520 g/mol. The van der Waals surface area contributed by atoms with E-state index in [1.807, 2.05) is 10.6 Å². The van der Waals surface area contributed by atoms with Crippen LogP contribution in [0.2, 0.25) is 0 Å². The number of guanidine groups is 1. The van der Waals surface area contributed by atoms with E-state index in [1.54, 1.807) is 6.92 Å². The summed E-state index contributed by atoms with van der Waals surface area (Å²) in [6.07, 6.45) is -7.91. The van der Waals surface area contributed by atoms with Crippen molar-refractivity contribution in [3.8, 4) is 0 Å². The van der Waals surface area contributed by atoms with Crippen LogP contribution in [0.15, 0.2) is 4.99 Å². The Morgan fingerprint density at radius 2 is 0.914 bits per heavy atom. The molecule has 0 aromatic rings. The Labute approximate surface area is 609 Å². The molecule has 1 saturated heterocycles. The van der Waals surface area contributed by atoms with Crippen molar-refractivity contribution in [3.63, 3.8) is 0 Å². The Kier molecular flexibility index (Phi) is 41.2. The number of hydrogen-bond donors (Lipinski definition) is 24. The molecule has 0 aromatic heterocycles. The molecule has 1 fully saturated rings. The number of hydrogen-bond acceptors (Lipinski definition) is 24. The average Bonchev–Trinajstić information content (AvgIpc) is 1.75. The number of aliphatic hydroxyl groups is 2. The number of likely N-dealkylation sites (tertiary alicyclic amines) is 1. The Hall–Kier alpha value is -10.1. The molecular weight excluding hydrogens is 1410 g/mol. The van der Waals surface area contributed by atoms with Gasteiger partial charge in [0, 0.05) is 31.7 Å². The number of nitrogens with zero attached hydrogens (tertiary/aromatic N) is 2. The van der Waals surface area contributed by atoms with Gasteiger partial charge in [-0.3, -0.25) is 86.5 Å². The first-order chi connectivity index (χ1) is 49.0. The molecule has 0 unspecified atom stereocenters. The maximum absolute atomic E-state index is 14.5. The van der Waals surface area contributed by atoms with Gasteiger partial charge in [-0.15, -0.1) is 0 Å². The van der Waals surface area contributed by atoms with Crippen molar-refractivity contribution in [1.29, 1.82) is 0 Å². The zero-order valence-corrected chi connectivity index (χ0v) is 60.1. The Bertz CT molecular complexity index is 3120. The first kappa shape index (κ1) is 92.9. The van der Waals surface area contributed by atoms with E-state index in [1.165, 1.54) is 20.8 Å². The molecule has 1 heterocycles. The molecule has 15 amide bonds. The van der Waals surface area contributed by atoms with Crippen LogP contribution in [0.3, 0.4) is 0 Å². The second kappa shape index (κ2) is 46.6. The number of carboxylic acid groups (broad SMARTS) is 3. The molecule has 16 atom stereocenters. The Morgan fingerprint density at radius 1 is 0.476 bits per heavy atom. The van der Waals surface area contributed by atoms with E-state index in [9.17, 15) is 112 Å². The van der Waals surface area contributed by atoms with Crippen molar-refractivity contribution in [2.45, 2.75) is 229 Å². The molecule has 0 aliphatic carbocycles. The Balaban J connectivity index is 3.60. The molecule has 1 aliphatic rings. The fraction of sp³-hybridized carbons (Fsp3) is 0.689. The van der Waals surface area contributed by atoms with Gasteiger partial charge in [0.1, 0.15) is 72.5 Å². The number of unbranched alkanes of at least 4 members (excludes halogenated alkanes) is 1. The monoisotopic (exact) mass is 1520 g/mol. The van der Waals surface area contributed by atoms with Crippen molar-refractivity contribution in [2.24, 2.45) is 57.0 Å². The van der Waals surface area contributed by atoms with Gasteiger partial charge in [-0.25, -0.2) is 4.79 Å². The highest BCUT2D eigenvalue weighted by molar-refractivity contribution is 7.80. The number of rotatable bonds is 50. The molecular formula is C61H104N20O23S. The van der Waals surface area contributed by atoms with E-state index in [0.717, 1.165) is 18.7 Å². The SMILES string of the molecule is CC[C@H](C)[C@H](NC(=O)[C@H](CCC(=O)O)NC(=O)[C@H](CCC(N)=O)NC(=O)[C@@H](NC(=O)[C@@H](N)CCCCN)[C@@H](C)O)C(=O)N[C@@H](CS)C(=O)N[C@@H](CCCN=C(N)N)C(=O)N[C@@H](CC(N)=O)C(=O)N1CCC[C@H]1C(=O)N[C@H](C(=O)N[C@H](C(=O)N[C@@H](CC(=O)O)C(=O)N[C@@H](CC(N)=O)C(=O)O)[C@@H](C)O)C(C)C. The van der Waals surface area contributed by atoms with Crippen molar-refractivity contribution < 1.29 is 112 Å². The van der Waals surface area contributed by atoms with E-state index < -0.39 is 260 Å². The highest BCUT2D eigenvalue weighted by Crippen LogP contribution is 2.21. The summed E-state index contributed by atoms with van der Waals surface area (Å²) in [7, 11) is 0. The third-order valence-electron chi connectivity index (χ3n) is 16.3. The van der Waals surface area contributed by atoms with Crippen LogP contribution in [0.5, 0.6) is 0 Å². The molecule has 1 aliphatic heterocycles. The number of carbonyl (C=O) groups is 18. The van der Waals surface area contributed by atoms with Crippen molar-refractivity contribution in [3.05, 3.63) is 0 Å². The van der Waals surface area contributed by atoms with Crippen molar-refractivity contribution >= 4 is 125 Å². The summed E-state index contributed by atoms with van der Waals surface area (Å²) in [5.41, 5.74) is 38.5. The molecule has 44 heteroatoms. The van der Waals surface area contributed by atoms with Gasteiger partial charge in [-0.05, 0) is 83.6 Å². The van der Waals surface area contributed by atoms with Crippen LogP contribution >= 0.6 is 12.6 Å². The van der Waals surface area contributed by atoms with E-state index >= 15 is 0 Å². The molecule has 1 rings (SSSR count).